The zero-order chi connectivity index (χ0) is 16.3. The van der Waals surface area contributed by atoms with Crippen LogP contribution in [-0.4, -0.2) is 27.6 Å². The van der Waals surface area contributed by atoms with Gasteiger partial charge in [-0.15, -0.1) is 5.10 Å². The van der Waals surface area contributed by atoms with Crippen LogP contribution < -0.4 is 10.5 Å². The summed E-state index contributed by atoms with van der Waals surface area (Å²) in [5.41, 5.74) is 0.725. The Bertz CT molecular complexity index is 682. The van der Waals surface area contributed by atoms with E-state index < -0.39 is 11.9 Å². The Balaban J connectivity index is 1.96. The number of ether oxygens (including phenoxy) is 1. The van der Waals surface area contributed by atoms with Gasteiger partial charge in [-0.2, -0.15) is 4.68 Å². The predicted molar refractivity (Wildman–Crippen MR) is 82.1 cm³/mol. The van der Waals surface area contributed by atoms with Crippen molar-refractivity contribution in [3.05, 3.63) is 46.3 Å². The normalized spacial score (nSPS) is 13.1. The van der Waals surface area contributed by atoms with Crippen molar-refractivity contribution in [3.63, 3.8) is 0 Å². The fourth-order valence-electron chi connectivity index (χ4n) is 1.87. The zero-order valence-corrected chi connectivity index (χ0v) is 13.4. The lowest BCUT2D eigenvalue weighted by Crippen LogP contribution is -2.29. The minimum absolute atomic E-state index is 0.0320. The Morgan fingerprint density at radius 1 is 1.41 bits per heavy atom. The van der Waals surface area contributed by atoms with Crippen molar-refractivity contribution >= 4 is 0 Å². The van der Waals surface area contributed by atoms with Crippen molar-refractivity contribution in [1.29, 1.82) is 0 Å². The molecule has 1 atom stereocenters. The molecule has 1 unspecified atom stereocenters. The first kappa shape index (κ1) is 16.3. The average Bonchev–Trinajstić information content (AvgIpc) is 2.78. The molecule has 0 saturated carbocycles. The first-order valence-electron chi connectivity index (χ1n) is 7.21. The molecule has 6 heteroatoms. The number of aromatic nitrogens is 2. The molecule has 0 amide bonds. The lowest BCUT2D eigenvalue weighted by Gasteiger charge is -2.13. The third-order valence-electron chi connectivity index (χ3n) is 3.06. The fraction of sp³-hybridized carbons (Fsp3) is 0.500. The molecule has 120 valence electrons. The van der Waals surface area contributed by atoms with Crippen LogP contribution in [0, 0.1) is 6.92 Å². The van der Waals surface area contributed by atoms with Gasteiger partial charge >= 0.3 is 5.76 Å². The highest BCUT2D eigenvalue weighted by Crippen LogP contribution is 2.18. The predicted octanol–water partition coefficient (Wildman–Crippen LogP) is 1.88. The number of benzene rings is 1. The molecule has 22 heavy (non-hydrogen) atoms. The first-order chi connectivity index (χ1) is 10.3. The van der Waals surface area contributed by atoms with E-state index in [0.29, 0.717) is 11.6 Å². The highest BCUT2D eigenvalue weighted by molar-refractivity contribution is 5.27. The molecule has 0 spiro atoms. The van der Waals surface area contributed by atoms with Gasteiger partial charge in [0.1, 0.15) is 18.5 Å². The highest BCUT2D eigenvalue weighted by atomic mass is 16.5. The van der Waals surface area contributed by atoms with E-state index in [2.05, 4.69) is 5.10 Å². The van der Waals surface area contributed by atoms with Crippen LogP contribution in [0.4, 0.5) is 0 Å². The lowest BCUT2D eigenvalue weighted by atomic mass is 9.97. The molecule has 0 aliphatic carbocycles. The molecule has 2 rings (SSSR count). The van der Waals surface area contributed by atoms with E-state index in [1.54, 1.807) is 0 Å². The van der Waals surface area contributed by atoms with Gasteiger partial charge in [0, 0.05) is 5.41 Å². The van der Waals surface area contributed by atoms with E-state index in [0.717, 1.165) is 10.2 Å². The molecule has 1 aromatic carbocycles. The standard InChI is InChI=1S/C16H22N2O4/c1-11-6-5-7-13(8-11)21-10-12(19)9-18-15(20)22-14(17-18)16(2,3)4/h5-8,12,19H,9-10H2,1-4H3. The highest BCUT2D eigenvalue weighted by Gasteiger charge is 2.23. The van der Waals surface area contributed by atoms with Gasteiger partial charge in [0.2, 0.25) is 5.89 Å². The van der Waals surface area contributed by atoms with Gasteiger partial charge in [-0.05, 0) is 24.6 Å². The molecule has 0 radical (unpaired) electrons. The SMILES string of the molecule is Cc1cccc(OCC(O)Cn2nc(C(C)(C)C)oc2=O)c1. The molecule has 2 aromatic rings. The second kappa shape index (κ2) is 6.36. The van der Waals surface area contributed by atoms with E-state index >= 15 is 0 Å². The van der Waals surface area contributed by atoms with Crippen LogP contribution in [0.3, 0.4) is 0 Å². The molecule has 1 heterocycles. The third-order valence-corrected chi connectivity index (χ3v) is 3.06. The number of hydrogen-bond acceptors (Lipinski definition) is 5. The summed E-state index contributed by atoms with van der Waals surface area (Å²) in [5, 5.41) is 14.1. The largest absolute Gasteiger partial charge is 0.491 e. The maximum absolute atomic E-state index is 11.7. The summed E-state index contributed by atoms with van der Waals surface area (Å²) in [6, 6.07) is 7.55. The minimum atomic E-state index is -0.851. The van der Waals surface area contributed by atoms with Gasteiger partial charge in [0.25, 0.3) is 0 Å². The summed E-state index contributed by atoms with van der Waals surface area (Å²) >= 11 is 0. The van der Waals surface area contributed by atoms with E-state index in [1.807, 2.05) is 52.0 Å². The van der Waals surface area contributed by atoms with Crippen LogP contribution >= 0.6 is 0 Å². The van der Waals surface area contributed by atoms with Crippen molar-refractivity contribution in [2.45, 2.75) is 45.8 Å². The van der Waals surface area contributed by atoms with Gasteiger partial charge in [0.05, 0.1) is 6.54 Å². The summed E-state index contributed by atoms with van der Waals surface area (Å²) in [5.74, 6) is 0.464. The molecule has 1 aromatic heterocycles. The van der Waals surface area contributed by atoms with E-state index in [-0.39, 0.29) is 18.6 Å². The number of nitrogens with zero attached hydrogens (tertiary/aromatic N) is 2. The maximum atomic E-state index is 11.7. The molecule has 6 nitrogen and oxygen atoms in total. The summed E-state index contributed by atoms with van der Waals surface area (Å²) in [4.78, 5) is 11.7. The number of aliphatic hydroxyl groups is 1. The quantitative estimate of drug-likeness (QED) is 0.912. The zero-order valence-electron chi connectivity index (χ0n) is 13.4. The molecule has 1 N–H and O–H groups in total. The fourth-order valence-corrected chi connectivity index (χ4v) is 1.87. The average molecular weight is 306 g/mol. The van der Waals surface area contributed by atoms with Crippen molar-refractivity contribution in [3.8, 4) is 5.75 Å². The molecule has 0 aliphatic heterocycles. The van der Waals surface area contributed by atoms with E-state index in [1.165, 1.54) is 0 Å². The Morgan fingerprint density at radius 3 is 2.73 bits per heavy atom. The Kier molecular flexibility index (Phi) is 4.71. The number of hydrogen-bond donors (Lipinski definition) is 1. The van der Waals surface area contributed by atoms with Gasteiger partial charge in [-0.3, -0.25) is 0 Å². The van der Waals surface area contributed by atoms with Gasteiger partial charge in [-0.25, -0.2) is 4.79 Å². The van der Waals surface area contributed by atoms with Gasteiger partial charge in [-0.1, -0.05) is 32.9 Å². The number of aryl methyl sites for hydroxylation is 1. The van der Waals surface area contributed by atoms with Crippen LogP contribution in [0.2, 0.25) is 0 Å². The van der Waals surface area contributed by atoms with Crippen LogP contribution in [-0.2, 0) is 12.0 Å². The molecular weight excluding hydrogens is 284 g/mol. The van der Waals surface area contributed by atoms with Crippen LogP contribution in [0.25, 0.3) is 0 Å². The second-order valence-electron chi connectivity index (χ2n) is 6.39. The van der Waals surface area contributed by atoms with Crippen molar-refractivity contribution in [2.75, 3.05) is 6.61 Å². The third kappa shape index (κ3) is 4.21. The Hall–Kier alpha value is -2.08. The monoisotopic (exact) mass is 306 g/mol. The number of aliphatic hydroxyl groups excluding tert-OH is 1. The summed E-state index contributed by atoms with van der Waals surface area (Å²) in [6.07, 6.45) is -0.851. The summed E-state index contributed by atoms with van der Waals surface area (Å²) in [7, 11) is 0. The Labute approximate surface area is 129 Å². The molecular formula is C16H22N2O4. The molecule has 0 bridgehead atoms. The van der Waals surface area contributed by atoms with Crippen LogP contribution in [0.1, 0.15) is 32.2 Å². The molecule has 0 aliphatic rings. The topological polar surface area (TPSA) is 77.5 Å². The van der Waals surface area contributed by atoms with Crippen LogP contribution in [0.5, 0.6) is 5.75 Å². The summed E-state index contributed by atoms with van der Waals surface area (Å²) in [6.45, 7) is 7.78. The van der Waals surface area contributed by atoms with Crippen molar-refractivity contribution in [1.82, 2.24) is 9.78 Å². The van der Waals surface area contributed by atoms with Crippen LogP contribution in [0.15, 0.2) is 33.5 Å². The molecule has 0 saturated heterocycles. The molecule has 0 fully saturated rings. The summed E-state index contributed by atoms with van der Waals surface area (Å²) < 4.78 is 11.7. The Morgan fingerprint density at radius 2 is 2.14 bits per heavy atom. The van der Waals surface area contributed by atoms with E-state index in [9.17, 15) is 9.90 Å². The van der Waals surface area contributed by atoms with Crippen molar-refractivity contribution < 1.29 is 14.3 Å². The minimum Gasteiger partial charge on any atom is -0.491 e. The lowest BCUT2D eigenvalue weighted by molar-refractivity contribution is 0.0875. The number of rotatable bonds is 5. The maximum Gasteiger partial charge on any atom is 0.437 e. The van der Waals surface area contributed by atoms with Gasteiger partial charge in [0.15, 0.2) is 0 Å². The first-order valence-corrected chi connectivity index (χ1v) is 7.21. The smallest absolute Gasteiger partial charge is 0.437 e. The van der Waals surface area contributed by atoms with Crippen molar-refractivity contribution in [2.24, 2.45) is 0 Å². The van der Waals surface area contributed by atoms with E-state index in [4.69, 9.17) is 9.15 Å². The van der Waals surface area contributed by atoms with Gasteiger partial charge < -0.3 is 14.3 Å². The second-order valence-corrected chi connectivity index (χ2v) is 6.39.